The molecule has 1 amide bonds. The molecule has 0 aromatic carbocycles. The first-order chi connectivity index (χ1) is 10.1. The molecule has 0 radical (unpaired) electrons. The number of aromatic nitrogens is 1. The van der Waals surface area contributed by atoms with Crippen molar-refractivity contribution in [3.8, 4) is 0 Å². The summed E-state index contributed by atoms with van der Waals surface area (Å²) in [4.78, 5) is 29.2. The number of amides is 1. The SMILES string of the molecule is CCC1(C(=O)O)CCN(C(=O)C=Cc2cccnc2)CC1. The van der Waals surface area contributed by atoms with Crippen molar-refractivity contribution in [1.29, 1.82) is 0 Å². The largest absolute Gasteiger partial charge is 0.481 e. The van der Waals surface area contributed by atoms with Crippen LogP contribution in [0.1, 0.15) is 31.7 Å². The smallest absolute Gasteiger partial charge is 0.309 e. The first kappa shape index (κ1) is 15.2. The number of hydrogen-bond donors (Lipinski definition) is 1. The molecule has 1 aromatic rings. The number of rotatable bonds is 4. The maximum atomic E-state index is 12.1. The van der Waals surface area contributed by atoms with Gasteiger partial charge < -0.3 is 10.0 Å². The molecule has 0 aliphatic carbocycles. The zero-order valence-corrected chi connectivity index (χ0v) is 12.2. The van der Waals surface area contributed by atoms with E-state index < -0.39 is 11.4 Å². The van der Waals surface area contributed by atoms with Gasteiger partial charge >= 0.3 is 5.97 Å². The average molecular weight is 288 g/mol. The molecular weight excluding hydrogens is 268 g/mol. The van der Waals surface area contributed by atoms with Gasteiger partial charge in [0.25, 0.3) is 0 Å². The van der Waals surface area contributed by atoms with Crippen LogP contribution in [0.5, 0.6) is 0 Å². The summed E-state index contributed by atoms with van der Waals surface area (Å²) in [5.41, 5.74) is 0.209. The molecule has 1 aliphatic heterocycles. The molecule has 0 saturated carbocycles. The van der Waals surface area contributed by atoms with Crippen LogP contribution in [0.3, 0.4) is 0 Å². The fourth-order valence-electron chi connectivity index (χ4n) is 2.62. The van der Waals surface area contributed by atoms with Gasteiger partial charge in [-0.15, -0.1) is 0 Å². The zero-order valence-electron chi connectivity index (χ0n) is 12.2. The summed E-state index contributed by atoms with van der Waals surface area (Å²) in [5, 5.41) is 9.34. The van der Waals surface area contributed by atoms with Gasteiger partial charge in [0, 0.05) is 31.6 Å². The van der Waals surface area contributed by atoms with Crippen molar-refractivity contribution in [3.05, 3.63) is 36.2 Å². The maximum Gasteiger partial charge on any atom is 0.309 e. The standard InChI is InChI=1S/C16H20N2O3/c1-2-16(15(20)21)7-10-18(11-8-16)14(19)6-5-13-4-3-9-17-12-13/h3-6,9,12H,2,7-8,10-11H2,1H3,(H,20,21). The van der Waals surface area contributed by atoms with E-state index in [2.05, 4.69) is 4.98 Å². The molecule has 1 N–H and O–H groups in total. The van der Waals surface area contributed by atoms with Gasteiger partial charge in [-0.1, -0.05) is 13.0 Å². The van der Waals surface area contributed by atoms with Crippen molar-refractivity contribution in [3.63, 3.8) is 0 Å². The second-order valence-electron chi connectivity index (χ2n) is 5.38. The van der Waals surface area contributed by atoms with E-state index in [-0.39, 0.29) is 5.91 Å². The van der Waals surface area contributed by atoms with E-state index in [1.54, 1.807) is 23.4 Å². The number of pyridine rings is 1. The van der Waals surface area contributed by atoms with Crippen LogP contribution >= 0.6 is 0 Å². The molecule has 5 heteroatoms. The number of likely N-dealkylation sites (tertiary alicyclic amines) is 1. The first-order valence-corrected chi connectivity index (χ1v) is 7.18. The molecule has 0 atom stereocenters. The van der Waals surface area contributed by atoms with Crippen molar-refractivity contribution >= 4 is 18.0 Å². The number of hydrogen-bond acceptors (Lipinski definition) is 3. The minimum Gasteiger partial charge on any atom is -0.481 e. The minimum absolute atomic E-state index is 0.0751. The summed E-state index contributed by atoms with van der Waals surface area (Å²) < 4.78 is 0. The minimum atomic E-state index is -0.747. The van der Waals surface area contributed by atoms with E-state index in [9.17, 15) is 14.7 Å². The van der Waals surface area contributed by atoms with E-state index in [1.807, 2.05) is 19.1 Å². The predicted octanol–water partition coefficient (Wildman–Crippen LogP) is 2.20. The van der Waals surface area contributed by atoms with Crippen LogP contribution in [-0.4, -0.2) is 40.0 Å². The number of carboxylic acids is 1. The predicted molar refractivity (Wildman–Crippen MR) is 79.4 cm³/mol. The summed E-state index contributed by atoms with van der Waals surface area (Å²) in [6.45, 7) is 2.89. The lowest BCUT2D eigenvalue weighted by Gasteiger charge is -2.37. The second kappa shape index (κ2) is 6.52. The van der Waals surface area contributed by atoms with Crippen molar-refractivity contribution in [1.82, 2.24) is 9.88 Å². The van der Waals surface area contributed by atoms with Crippen molar-refractivity contribution in [2.24, 2.45) is 5.41 Å². The Kier molecular flexibility index (Phi) is 4.73. The third kappa shape index (κ3) is 3.48. The first-order valence-electron chi connectivity index (χ1n) is 7.18. The Morgan fingerprint density at radius 3 is 2.67 bits per heavy atom. The quantitative estimate of drug-likeness (QED) is 0.862. The number of aliphatic carboxylic acids is 1. The van der Waals surface area contributed by atoms with E-state index in [1.165, 1.54) is 6.08 Å². The highest BCUT2D eigenvalue weighted by molar-refractivity contribution is 5.92. The molecular formula is C16H20N2O3. The topological polar surface area (TPSA) is 70.5 Å². The van der Waals surface area contributed by atoms with Crippen LogP contribution in [0.2, 0.25) is 0 Å². The van der Waals surface area contributed by atoms with Gasteiger partial charge in [0.15, 0.2) is 0 Å². The van der Waals surface area contributed by atoms with Crippen LogP contribution < -0.4 is 0 Å². The molecule has 1 fully saturated rings. The molecule has 0 spiro atoms. The molecule has 1 aliphatic rings. The summed E-state index contributed by atoms with van der Waals surface area (Å²) >= 11 is 0. The Bertz CT molecular complexity index is 532. The normalized spacial score (nSPS) is 17.9. The molecule has 5 nitrogen and oxygen atoms in total. The Labute approximate surface area is 124 Å². The number of nitrogens with zero attached hydrogens (tertiary/aromatic N) is 2. The van der Waals surface area contributed by atoms with Crippen LogP contribution in [0, 0.1) is 5.41 Å². The lowest BCUT2D eigenvalue weighted by Crippen LogP contribution is -2.45. The average Bonchev–Trinajstić information content (AvgIpc) is 2.53. The second-order valence-corrected chi connectivity index (χ2v) is 5.38. The monoisotopic (exact) mass is 288 g/mol. The molecule has 21 heavy (non-hydrogen) atoms. The van der Waals surface area contributed by atoms with E-state index in [4.69, 9.17) is 0 Å². The Hall–Kier alpha value is -2.17. The van der Waals surface area contributed by atoms with Gasteiger partial charge in [-0.25, -0.2) is 0 Å². The molecule has 0 unspecified atom stereocenters. The zero-order chi connectivity index (χ0) is 15.3. The van der Waals surface area contributed by atoms with Gasteiger partial charge in [-0.05, 0) is 37.0 Å². The summed E-state index contributed by atoms with van der Waals surface area (Å²) in [6, 6.07) is 3.69. The third-order valence-electron chi connectivity index (χ3n) is 4.27. The van der Waals surface area contributed by atoms with Crippen molar-refractivity contribution in [2.45, 2.75) is 26.2 Å². The third-order valence-corrected chi connectivity index (χ3v) is 4.27. The summed E-state index contributed by atoms with van der Waals surface area (Å²) in [5.74, 6) is -0.822. The fourth-order valence-corrected chi connectivity index (χ4v) is 2.62. The molecule has 0 bridgehead atoms. The van der Waals surface area contributed by atoms with Crippen LogP contribution in [0.4, 0.5) is 0 Å². The number of piperidine rings is 1. The lowest BCUT2D eigenvalue weighted by molar-refractivity contribution is -0.154. The maximum absolute atomic E-state index is 12.1. The number of carbonyl (C=O) groups excluding carboxylic acids is 1. The summed E-state index contributed by atoms with van der Waals surface area (Å²) in [7, 11) is 0. The van der Waals surface area contributed by atoms with Gasteiger partial charge in [0.2, 0.25) is 5.91 Å². The Morgan fingerprint density at radius 2 is 2.14 bits per heavy atom. The van der Waals surface area contributed by atoms with Crippen LogP contribution in [0.25, 0.3) is 6.08 Å². The molecule has 2 heterocycles. The molecule has 1 saturated heterocycles. The highest BCUT2D eigenvalue weighted by Gasteiger charge is 2.40. The molecule has 112 valence electrons. The van der Waals surface area contributed by atoms with Gasteiger partial charge in [-0.3, -0.25) is 14.6 Å². The number of carboxylic acid groups (broad SMARTS) is 1. The molecule has 1 aromatic heterocycles. The Balaban J connectivity index is 1.94. The fraction of sp³-hybridized carbons (Fsp3) is 0.438. The number of carbonyl (C=O) groups is 2. The highest BCUT2D eigenvalue weighted by Crippen LogP contribution is 2.35. The van der Waals surface area contributed by atoms with E-state index >= 15 is 0 Å². The van der Waals surface area contributed by atoms with Gasteiger partial charge in [-0.2, -0.15) is 0 Å². The van der Waals surface area contributed by atoms with E-state index in [0.717, 1.165) is 5.56 Å². The highest BCUT2D eigenvalue weighted by atomic mass is 16.4. The van der Waals surface area contributed by atoms with Crippen molar-refractivity contribution < 1.29 is 14.7 Å². The van der Waals surface area contributed by atoms with Crippen molar-refractivity contribution in [2.75, 3.05) is 13.1 Å². The van der Waals surface area contributed by atoms with Gasteiger partial charge in [0.05, 0.1) is 5.41 Å². The molecule has 2 rings (SSSR count). The summed E-state index contributed by atoms with van der Waals surface area (Å²) in [6.07, 6.45) is 8.27. The van der Waals surface area contributed by atoms with Gasteiger partial charge in [0.1, 0.15) is 0 Å². The van der Waals surface area contributed by atoms with Crippen LogP contribution in [0.15, 0.2) is 30.6 Å². The van der Waals surface area contributed by atoms with E-state index in [0.29, 0.717) is 32.4 Å². The Morgan fingerprint density at radius 1 is 1.43 bits per heavy atom. The lowest BCUT2D eigenvalue weighted by atomic mass is 9.76. The van der Waals surface area contributed by atoms with Crippen LogP contribution in [-0.2, 0) is 9.59 Å².